The molecular weight excluding hydrogens is 591 g/mol. The lowest BCUT2D eigenvalue weighted by Crippen LogP contribution is -2.30. The molecule has 1 heterocycles. The number of anilines is 2. The molecule has 1 heteroatoms. The van der Waals surface area contributed by atoms with Crippen LogP contribution in [0.2, 0.25) is 0 Å². The van der Waals surface area contributed by atoms with Gasteiger partial charge in [0.15, 0.2) is 0 Å². The van der Waals surface area contributed by atoms with Crippen LogP contribution in [0, 0.1) is 5.92 Å². The Bertz CT molecular complexity index is 2550. The highest BCUT2D eigenvalue weighted by Gasteiger charge is 2.38. The molecule has 1 aliphatic heterocycles. The Morgan fingerprint density at radius 3 is 1.90 bits per heavy atom. The van der Waals surface area contributed by atoms with Crippen LogP contribution >= 0.6 is 0 Å². The van der Waals surface area contributed by atoms with E-state index in [1.165, 1.54) is 77.1 Å². The zero-order valence-electron chi connectivity index (χ0n) is 27.2. The van der Waals surface area contributed by atoms with Crippen LogP contribution in [0.1, 0.15) is 17.9 Å². The van der Waals surface area contributed by atoms with Crippen LogP contribution in [-0.4, -0.2) is 6.04 Å². The minimum absolute atomic E-state index is 0.246. The molecule has 3 aliphatic rings. The summed E-state index contributed by atoms with van der Waals surface area (Å²) in [5, 5.41) is 7.78. The second-order valence-corrected chi connectivity index (χ2v) is 13.6. The molecule has 0 fully saturated rings. The lowest BCUT2D eigenvalue weighted by Gasteiger charge is -2.31. The van der Waals surface area contributed by atoms with Gasteiger partial charge >= 0.3 is 0 Å². The maximum atomic E-state index is 2.57. The summed E-state index contributed by atoms with van der Waals surface area (Å²) < 4.78 is 0. The molecule has 7 aromatic rings. The van der Waals surface area contributed by atoms with Gasteiger partial charge in [-0.2, -0.15) is 0 Å². The molecule has 1 nitrogen and oxygen atoms in total. The standard InChI is InChI=1S/C48H35N/c1-3-12-32(13-4-1)35-22-25-41-39-18-7-8-19-40(39)42-26-23-36(30-46(42)45(41)29-35)34-16-11-17-38(28-34)49-47-21-10-9-20-43(47)44-27-24-37(31-48(44)49)33-14-5-2-6-15-33/h1-14,16-31,33,44,48H,15H2. The third-order valence-corrected chi connectivity index (χ3v) is 10.9. The molecule has 3 unspecified atom stereocenters. The highest BCUT2D eigenvalue weighted by molar-refractivity contribution is 6.26. The Balaban J connectivity index is 1.12. The molecule has 49 heavy (non-hydrogen) atoms. The number of hydrogen-bond acceptors (Lipinski definition) is 1. The summed E-state index contributed by atoms with van der Waals surface area (Å²) in [5.41, 5.74) is 10.3. The van der Waals surface area contributed by atoms with E-state index in [2.05, 4.69) is 187 Å². The minimum atomic E-state index is 0.246. The molecule has 2 aliphatic carbocycles. The molecular formula is C48H35N. The van der Waals surface area contributed by atoms with Gasteiger partial charge in [-0.05, 0) is 102 Å². The van der Waals surface area contributed by atoms with Crippen molar-refractivity contribution in [3.63, 3.8) is 0 Å². The number of para-hydroxylation sites is 1. The van der Waals surface area contributed by atoms with Gasteiger partial charge in [-0.15, -0.1) is 0 Å². The predicted molar refractivity (Wildman–Crippen MR) is 209 cm³/mol. The van der Waals surface area contributed by atoms with Crippen LogP contribution in [0.25, 0.3) is 54.6 Å². The van der Waals surface area contributed by atoms with Crippen molar-refractivity contribution in [2.24, 2.45) is 5.92 Å². The van der Waals surface area contributed by atoms with Crippen molar-refractivity contribution in [2.75, 3.05) is 4.90 Å². The molecule has 0 amide bonds. The molecule has 0 spiro atoms. The molecule has 0 radical (unpaired) electrons. The third kappa shape index (κ3) is 4.61. The third-order valence-electron chi connectivity index (χ3n) is 10.9. The summed E-state index contributed by atoms with van der Waals surface area (Å²) in [6.45, 7) is 0. The molecule has 10 rings (SSSR count). The van der Waals surface area contributed by atoms with Gasteiger partial charge in [0.1, 0.15) is 0 Å². The van der Waals surface area contributed by atoms with Gasteiger partial charge in [0.2, 0.25) is 0 Å². The number of hydrogen-bond donors (Lipinski definition) is 0. The largest absolute Gasteiger partial charge is 0.333 e. The first-order valence-electron chi connectivity index (χ1n) is 17.5. The quantitative estimate of drug-likeness (QED) is 0.176. The van der Waals surface area contributed by atoms with E-state index in [1.54, 1.807) is 0 Å². The van der Waals surface area contributed by atoms with Crippen LogP contribution in [0.3, 0.4) is 0 Å². The van der Waals surface area contributed by atoms with Gasteiger partial charge in [-0.1, -0.05) is 152 Å². The van der Waals surface area contributed by atoms with Gasteiger partial charge < -0.3 is 4.90 Å². The van der Waals surface area contributed by atoms with Crippen LogP contribution < -0.4 is 4.90 Å². The van der Waals surface area contributed by atoms with Crippen molar-refractivity contribution in [1.29, 1.82) is 0 Å². The molecule has 7 aromatic carbocycles. The Kier molecular flexibility index (Phi) is 6.52. The average molecular weight is 626 g/mol. The number of benzene rings is 7. The van der Waals surface area contributed by atoms with Crippen molar-refractivity contribution in [1.82, 2.24) is 0 Å². The van der Waals surface area contributed by atoms with Gasteiger partial charge in [-0.25, -0.2) is 0 Å². The van der Waals surface area contributed by atoms with E-state index in [9.17, 15) is 0 Å². The SMILES string of the molecule is C1=CCC(C2=CC3C(C=C2)c2ccccc2N3c2cccc(-c3ccc4c5ccccc5c5ccc(-c6ccccc6)cc5c4c3)c2)C=C1. The number of nitrogens with zero attached hydrogens (tertiary/aromatic N) is 1. The van der Waals surface area contributed by atoms with Gasteiger partial charge in [0.05, 0.1) is 6.04 Å². The summed E-state index contributed by atoms with van der Waals surface area (Å²) in [4.78, 5) is 2.57. The Morgan fingerprint density at radius 1 is 0.490 bits per heavy atom. The van der Waals surface area contributed by atoms with E-state index in [4.69, 9.17) is 0 Å². The molecule has 0 bridgehead atoms. The lowest BCUT2D eigenvalue weighted by atomic mass is 9.83. The van der Waals surface area contributed by atoms with Crippen LogP contribution in [0.15, 0.2) is 188 Å². The van der Waals surface area contributed by atoms with Crippen molar-refractivity contribution in [3.8, 4) is 22.3 Å². The van der Waals surface area contributed by atoms with Gasteiger partial charge in [0.25, 0.3) is 0 Å². The van der Waals surface area contributed by atoms with Crippen LogP contribution in [-0.2, 0) is 0 Å². The summed E-state index contributed by atoms with van der Waals surface area (Å²) in [5.74, 6) is 0.774. The van der Waals surface area contributed by atoms with Crippen molar-refractivity contribution >= 4 is 43.7 Å². The minimum Gasteiger partial charge on any atom is -0.333 e. The molecule has 0 N–H and O–H groups in total. The Morgan fingerprint density at radius 2 is 1.14 bits per heavy atom. The number of allylic oxidation sites excluding steroid dienone is 6. The number of fused-ring (bicyclic) bond motifs is 9. The maximum absolute atomic E-state index is 2.57. The first-order chi connectivity index (χ1) is 24.3. The monoisotopic (exact) mass is 625 g/mol. The molecule has 0 saturated carbocycles. The maximum Gasteiger partial charge on any atom is 0.0632 e. The van der Waals surface area contributed by atoms with E-state index < -0.39 is 0 Å². The fourth-order valence-corrected chi connectivity index (χ4v) is 8.53. The van der Waals surface area contributed by atoms with Crippen molar-refractivity contribution in [2.45, 2.75) is 18.4 Å². The van der Waals surface area contributed by atoms with Crippen LogP contribution in [0.4, 0.5) is 11.4 Å². The predicted octanol–water partition coefficient (Wildman–Crippen LogP) is 12.7. The second kappa shape index (κ2) is 11.4. The molecule has 232 valence electrons. The van der Waals surface area contributed by atoms with Gasteiger partial charge in [0, 0.05) is 23.2 Å². The highest BCUT2D eigenvalue weighted by atomic mass is 15.2. The Labute approximate surface area is 287 Å². The van der Waals surface area contributed by atoms with Crippen molar-refractivity contribution < 1.29 is 0 Å². The average Bonchev–Trinajstić information content (AvgIpc) is 3.52. The second-order valence-electron chi connectivity index (χ2n) is 13.6. The molecule has 3 atom stereocenters. The van der Waals surface area contributed by atoms with Crippen molar-refractivity contribution in [3.05, 3.63) is 193 Å². The molecule has 0 aromatic heterocycles. The lowest BCUT2D eigenvalue weighted by molar-refractivity contribution is 0.701. The van der Waals surface area contributed by atoms with E-state index in [1.807, 2.05) is 0 Å². The molecule has 0 saturated heterocycles. The zero-order valence-corrected chi connectivity index (χ0v) is 27.2. The first kappa shape index (κ1) is 28.1. The Hall–Kier alpha value is -5.92. The zero-order chi connectivity index (χ0) is 32.3. The topological polar surface area (TPSA) is 3.24 Å². The highest BCUT2D eigenvalue weighted by Crippen LogP contribution is 2.49. The summed E-state index contributed by atoms with van der Waals surface area (Å²) in [7, 11) is 0. The van der Waals surface area contributed by atoms with E-state index in [-0.39, 0.29) is 6.04 Å². The summed E-state index contributed by atoms with van der Waals surface area (Å²) >= 11 is 0. The van der Waals surface area contributed by atoms with E-state index in [0.29, 0.717) is 11.8 Å². The smallest absolute Gasteiger partial charge is 0.0632 e. The number of rotatable bonds is 4. The first-order valence-corrected chi connectivity index (χ1v) is 17.5. The fourth-order valence-electron chi connectivity index (χ4n) is 8.53. The van der Waals surface area contributed by atoms with Gasteiger partial charge in [-0.3, -0.25) is 0 Å². The fraction of sp³-hybridized carbons (Fsp3) is 0.0833. The van der Waals surface area contributed by atoms with Crippen LogP contribution in [0.5, 0.6) is 0 Å². The van der Waals surface area contributed by atoms with E-state index >= 15 is 0 Å². The summed E-state index contributed by atoms with van der Waals surface area (Å²) in [6.07, 6.45) is 17.4. The van der Waals surface area contributed by atoms with E-state index in [0.717, 1.165) is 6.42 Å². The summed E-state index contributed by atoms with van der Waals surface area (Å²) in [6, 6.07) is 52.0. The normalized spacial score (nSPS) is 19.4.